The predicted molar refractivity (Wildman–Crippen MR) is 82.8 cm³/mol. The molecule has 3 aromatic carbocycles. The molecule has 3 aromatic rings. The Morgan fingerprint density at radius 3 is 2.52 bits per heavy atom. The van der Waals surface area contributed by atoms with Crippen LogP contribution in [-0.2, 0) is 0 Å². The Hall–Kier alpha value is -2.61. The Morgan fingerprint density at radius 1 is 0.905 bits per heavy atom. The van der Waals surface area contributed by atoms with Gasteiger partial charge < -0.3 is 5.11 Å². The van der Waals surface area contributed by atoms with E-state index < -0.39 is 0 Å². The first-order chi connectivity index (χ1) is 10.3. The molecule has 0 fully saturated rings. The molecule has 0 saturated carbocycles. The molecule has 1 aliphatic rings. The van der Waals surface area contributed by atoms with E-state index in [-0.39, 0.29) is 17.5 Å². The van der Waals surface area contributed by atoms with E-state index in [4.69, 9.17) is 0 Å². The van der Waals surface area contributed by atoms with Crippen molar-refractivity contribution in [3.63, 3.8) is 0 Å². The summed E-state index contributed by atoms with van der Waals surface area (Å²) in [6.07, 6.45) is 0.410. The van der Waals surface area contributed by atoms with Crippen LogP contribution in [0.1, 0.15) is 33.8 Å². The first kappa shape index (κ1) is 12.2. The monoisotopic (exact) mass is 274 g/mol. The van der Waals surface area contributed by atoms with Crippen LogP contribution >= 0.6 is 0 Å². The lowest BCUT2D eigenvalue weighted by Gasteiger charge is -2.25. The van der Waals surface area contributed by atoms with Gasteiger partial charge in [0.25, 0.3) is 0 Å². The van der Waals surface area contributed by atoms with Crippen LogP contribution in [0.5, 0.6) is 5.75 Å². The van der Waals surface area contributed by atoms with Gasteiger partial charge in [0, 0.05) is 17.7 Å². The van der Waals surface area contributed by atoms with Crippen LogP contribution < -0.4 is 0 Å². The second kappa shape index (κ2) is 4.45. The van der Waals surface area contributed by atoms with Crippen molar-refractivity contribution in [2.75, 3.05) is 0 Å². The largest absolute Gasteiger partial charge is 0.507 e. The maximum Gasteiger partial charge on any atom is 0.168 e. The molecule has 4 rings (SSSR count). The summed E-state index contributed by atoms with van der Waals surface area (Å²) < 4.78 is 0. The predicted octanol–water partition coefficient (Wildman–Crippen LogP) is 4.26. The maximum atomic E-state index is 12.5. The first-order valence-electron chi connectivity index (χ1n) is 7.08. The molecule has 2 nitrogen and oxygen atoms in total. The molecule has 102 valence electrons. The number of aromatic hydroxyl groups is 1. The summed E-state index contributed by atoms with van der Waals surface area (Å²) in [5, 5.41) is 12.0. The number of hydrogen-bond acceptors (Lipinski definition) is 2. The van der Waals surface area contributed by atoms with Gasteiger partial charge in [0.1, 0.15) is 5.75 Å². The molecule has 1 N–H and O–H groups in total. The van der Waals surface area contributed by atoms with Gasteiger partial charge in [0.05, 0.1) is 5.56 Å². The minimum atomic E-state index is 0.0191. The fraction of sp³-hybridized carbons (Fsp3) is 0.105. The van der Waals surface area contributed by atoms with Crippen molar-refractivity contribution in [2.45, 2.75) is 12.3 Å². The Kier molecular flexibility index (Phi) is 2.58. The lowest BCUT2D eigenvalue weighted by atomic mass is 9.77. The van der Waals surface area contributed by atoms with E-state index in [2.05, 4.69) is 18.2 Å². The molecular formula is C19H14O2. The zero-order valence-electron chi connectivity index (χ0n) is 11.4. The highest BCUT2D eigenvalue weighted by Crippen LogP contribution is 2.42. The van der Waals surface area contributed by atoms with Crippen LogP contribution in [0.4, 0.5) is 0 Å². The lowest BCUT2D eigenvalue weighted by Crippen LogP contribution is -2.16. The number of carbonyl (C=O) groups is 1. The van der Waals surface area contributed by atoms with Crippen LogP contribution in [0, 0.1) is 0 Å². The SMILES string of the molecule is O=C1CC(c2ccccc2)c2cccc3ccc(O)c1c23. The van der Waals surface area contributed by atoms with E-state index in [1.807, 2.05) is 36.4 Å². The number of hydrogen-bond donors (Lipinski definition) is 1. The summed E-state index contributed by atoms with van der Waals surface area (Å²) in [4.78, 5) is 12.5. The summed E-state index contributed by atoms with van der Waals surface area (Å²) in [5.41, 5.74) is 2.76. The number of ketones is 1. The summed E-state index contributed by atoms with van der Waals surface area (Å²) >= 11 is 0. The zero-order valence-corrected chi connectivity index (χ0v) is 11.4. The van der Waals surface area contributed by atoms with Crippen molar-refractivity contribution in [1.82, 2.24) is 0 Å². The highest BCUT2D eigenvalue weighted by molar-refractivity contribution is 6.14. The standard InChI is InChI=1S/C19H14O2/c20-16-10-9-13-7-4-8-14-15(12-5-2-1-3-6-12)11-17(21)19(16)18(13)14/h1-10,15,20H,11H2. The molecule has 0 aromatic heterocycles. The smallest absolute Gasteiger partial charge is 0.168 e. The van der Waals surface area contributed by atoms with Crippen LogP contribution in [0.25, 0.3) is 10.8 Å². The molecule has 0 aliphatic heterocycles. The molecule has 1 aliphatic carbocycles. The minimum Gasteiger partial charge on any atom is -0.507 e. The summed E-state index contributed by atoms with van der Waals surface area (Å²) in [7, 11) is 0. The van der Waals surface area contributed by atoms with Crippen molar-refractivity contribution in [3.05, 3.63) is 77.4 Å². The van der Waals surface area contributed by atoms with Gasteiger partial charge in [-0.25, -0.2) is 0 Å². The van der Waals surface area contributed by atoms with Gasteiger partial charge in [-0.1, -0.05) is 54.6 Å². The molecule has 0 spiro atoms. The molecule has 0 radical (unpaired) electrons. The number of Topliss-reactive ketones (excluding diaryl/α,β-unsaturated/α-hetero) is 1. The zero-order chi connectivity index (χ0) is 14.4. The van der Waals surface area contributed by atoms with Gasteiger partial charge in [0.15, 0.2) is 5.78 Å². The maximum absolute atomic E-state index is 12.5. The van der Waals surface area contributed by atoms with E-state index in [9.17, 15) is 9.90 Å². The topological polar surface area (TPSA) is 37.3 Å². The quantitative estimate of drug-likeness (QED) is 0.719. The molecule has 0 heterocycles. The van der Waals surface area contributed by atoms with Crippen LogP contribution in [0.3, 0.4) is 0 Å². The Bertz CT molecular complexity index is 850. The van der Waals surface area contributed by atoms with Crippen molar-refractivity contribution < 1.29 is 9.90 Å². The van der Waals surface area contributed by atoms with E-state index in [0.717, 1.165) is 21.9 Å². The van der Waals surface area contributed by atoms with Gasteiger partial charge in [-0.2, -0.15) is 0 Å². The number of rotatable bonds is 1. The highest BCUT2D eigenvalue weighted by atomic mass is 16.3. The van der Waals surface area contributed by atoms with E-state index in [1.54, 1.807) is 6.07 Å². The Morgan fingerprint density at radius 2 is 1.71 bits per heavy atom. The van der Waals surface area contributed by atoms with Gasteiger partial charge >= 0.3 is 0 Å². The summed E-state index contributed by atoms with van der Waals surface area (Å²) in [6.45, 7) is 0. The lowest BCUT2D eigenvalue weighted by molar-refractivity contribution is 0.0973. The fourth-order valence-electron chi connectivity index (χ4n) is 3.35. The van der Waals surface area contributed by atoms with Crippen LogP contribution in [0.2, 0.25) is 0 Å². The van der Waals surface area contributed by atoms with Gasteiger partial charge in [-0.3, -0.25) is 4.79 Å². The molecule has 21 heavy (non-hydrogen) atoms. The van der Waals surface area contributed by atoms with E-state index in [1.165, 1.54) is 0 Å². The van der Waals surface area contributed by atoms with E-state index >= 15 is 0 Å². The number of benzene rings is 3. The third-order valence-electron chi connectivity index (χ3n) is 4.30. The average molecular weight is 274 g/mol. The van der Waals surface area contributed by atoms with Crippen LogP contribution in [-0.4, -0.2) is 10.9 Å². The van der Waals surface area contributed by atoms with Gasteiger partial charge in [0.2, 0.25) is 0 Å². The Labute approximate surface area is 122 Å². The van der Waals surface area contributed by atoms with Gasteiger partial charge in [-0.15, -0.1) is 0 Å². The van der Waals surface area contributed by atoms with Crippen LogP contribution in [0.15, 0.2) is 60.7 Å². The summed E-state index contributed by atoms with van der Waals surface area (Å²) in [6, 6.07) is 19.7. The second-order valence-electron chi connectivity index (χ2n) is 5.50. The molecule has 1 atom stereocenters. The number of phenols is 1. The normalized spacial score (nSPS) is 17.1. The van der Waals surface area contributed by atoms with Crippen molar-refractivity contribution in [1.29, 1.82) is 0 Å². The van der Waals surface area contributed by atoms with Crippen molar-refractivity contribution in [2.24, 2.45) is 0 Å². The first-order valence-corrected chi connectivity index (χ1v) is 7.08. The third-order valence-corrected chi connectivity index (χ3v) is 4.30. The number of phenolic OH excluding ortho intramolecular Hbond substituents is 1. The number of carbonyl (C=O) groups excluding carboxylic acids is 1. The van der Waals surface area contributed by atoms with Crippen molar-refractivity contribution in [3.8, 4) is 5.75 Å². The van der Waals surface area contributed by atoms with Gasteiger partial charge in [-0.05, 0) is 22.6 Å². The fourth-order valence-corrected chi connectivity index (χ4v) is 3.35. The second-order valence-corrected chi connectivity index (χ2v) is 5.50. The molecule has 2 heteroatoms. The third kappa shape index (κ3) is 1.76. The Balaban J connectivity index is 2.06. The highest BCUT2D eigenvalue weighted by Gasteiger charge is 2.30. The molecular weight excluding hydrogens is 260 g/mol. The molecule has 1 unspecified atom stereocenters. The summed E-state index contributed by atoms with van der Waals surface area (Å²) in [5.74, 6) is 0.175. The van der Waals surface area contributed by atoms with Crippen molar-refractivity contribution >= 4 is 16.6 Å². The molecule has 0 bridgehead atoms. The molecule has 0 amide bonds. The minimum absolute atomic E-state index is 0.0191. The molecule has 0 saturated heterocycles. The average Bonchev–Trinajstić information content (AvgIpc) is 2.53. The van der Waals surface area contributed by atoms with E-state index in [0.29, 0.717) is 12.0 Å².